The molecule has 0 aliphatic heterocycles. The smallest absolute Gasteiger partial charge is 0.309 e. The van der Waals surface area contributed by atoms with Gasteiger partial charge in [0.2, 0.25) is 0 Å². The largest absolute Gasteiger partial charge is 0.465 e. The number of hydrogen-bond donors (Lipinski definition) is 2. The van der Waals surface area contributed by atoms with Crippen LogP contribution in [0.25, 0.3) is 0 Å². The Hall–Kier alpha value is -0.660. The maximum atomic E-state index is 11.9. The second-order valence-electron chi connectivity index (χ2n) is 5.96. The third-order valence-corrected chi connectivity index (χ3v) is 4.92. The van der Waals surface area contributed by atoms with Crippen LogP contribution in [0.4, 0.5) is 0 Å². The molecule has 7 heteroatoms. The number of rotatable bonds is 8. The number of aliphatic hydroxyl groups excluding tert-OH is 1. The molecule has 1 saturated carbocycles. The molecule has 0 aromatic carbocycles. The zero-order valence-electron chi connectivity index (χ0n) is 12.2. The summed E-state index contributed by atoms with van der Waals surface area (Å²) in [7, 11) is -4.56. The van der Waals surface area contributed by atoms with Gasteiger partial charge in [0.05, 0.1) is 12.5 Å². The van der Waals surface area contributed by atoms with E-state index in [9.17, 15) is 18.3 Å². The van der Waals surface area contributed by atoms with E-state index >= 15 is 0 Å². The molecule has 1 rings (SSSR count). The van der Waals surface area contributed by atoms with E-state index in [1.807, 2.05) is 0 Å². The van der Waals surface area contributed by atoms with Gasteiger partial charge in [0.1, 0.15) is 0 Å². The van der Waals surface area contributed by atoms with Crippen molar-refractivity contribution < 1.29 is 27.6 Å². The van der Waals surface area contributed by atoms with Crippen LogP contribution in [0.1, 0.15) is 46.5 Å². The highest BCUT2D eigenvalue weighted by atomic mass is 32.2. The first kappa shape index (κ1) is 17.4. The molecule has 1 aliphatic rings. The molecule has 0 heterocycles. The van der Waals surface area contributed by atoms with Crippen molar-refractivity contribution in [3.05, 3.63) is 0 Å². The van der Waals surface area contributed by atoms with Gasteiger partial charge >= 0.3 is 5.97 Å². The third kappa shape index (κ3) is 3.93. The second-order valence-corrected chi connectivity index (χ2v) is 7.47. The summed E-state index contributed by atoms with van der Waals surface area (Å²) in [5, 5.41) is 9.58. The van der Waals surface area contributed by atoms with Crippen LogP contribution >= 0.6 is 0 Å². The molecule has 1 fully saturated rings. The standard InChI is InChI=1S/C13H24O6S/c1-4-5-6-7-8-19-11(14)9-10(13(9,2)3)12(15)20(16,17)18/h9-10,12,15H,4-8H2,1-3H3,(H,16,17,18)/t9-,10-,12?/m0/s1. The molecule has 118 valence electrons. The third-order valence-electron chi connectivity index (χ3n) is 4.02. The number of carbonyl (C=O) groups is 1. The molecular weight excluding hydrogens is 284 g/mol. The number of aliphatic hydroxyl groups is 1. The van der Waals surface area contributed by atoms with E-state index in [1.165, 1.54) is 0 Å². The van der Waals surface area contributed by atoms with Crippen molar-refractivity contribution in [3.8, 4) is 0 Å². The van der Waals surface area contributed by atoms with Crippen LogP contribution in [-0.2, 0) is 19.6 Å². The van der Waals surface area contributed by atoms with E-state index in [0.717, 1.165) is 25.7 Å². The molecule has 0 bridgehead atoms. The van der Waals surface area contributed by atoms with E-state index in [2.05, 4.69) is 6.92 Å². The number of esters is 1. The van der Waals surface area contributed by atoms with Crippen LogP contribution in [0, 0.1) is 17.3 Å². The van der Waals surface area contributed by atoms with Gasteiger partial charge < -0.3 is 9.84 Å². The van der Waals surface area contributed by atoms with Crippen LogP contribution in [0.5, 0.6) is 0 Å². The van der Waals surface area contributed by atoms with Crippen molar-refractivity contribution in [1.29, 1.82) is 0 Å². The Morgan fingerprint density at radius 3 is 2.40 bits per heavy atom. The van der Waals surface area contributed by atoms with Gasteiger partial charge in [0.15, 0.2) is 5.44 Å². The SMILES string of the molecule is CCCCCCOC(=O)[C@@H]1[C@@H](C(O)S(=O)(=O)O)C1(C)C. The Morgan fingerprint density at radius 2 is 1.90 bits per heavy atom. The second kappa shape index (κ2) is 6.41. The summed E-state index contributed by atoms with van der Waals surface area (Å²) >= 11 is 0. The maximum Gasteiger partial charge on any atom is 0.309 e. The Kier molecular flexibility index (Phi) is 5.57. The lowest BCUT2D eigenvalue weighted by Gasteiger charge is -2.07. The molecule has 0 amide bonds. The summed E-state index contributed by atoms with van der Waals surface area (Å²) in [4.78, 5) is 11.9. The zero-order valence-corrected chi connectivity index (χ0v) is 13.0. The van der Waals surface area contributed by atoms with Crippen LogP contribution in [-0.4, -0.2) is 36.1 Å². The van der Waals surface area contributed by atoms with E-state index in [4.69, 9.17) is 9.29 Å². The van der Waals surface area contributed by atoms with Crippen LogP contribution in [0.2, 0.25) is 0 Å². The first-order chi connectivity index (χ1) is 9.14. The lowest BCUT2D eigenvalue weighted by molar-refractivity contribution is -0.146. The molecule has 0 aromatic heterocycles. The van der Waals surface area contributed by atoms with Gasteiger partial charge in [-0.05, 0) is 11.8 Å². The van der Waals surface area contributed by atoms with Crippen LogP contribution in [0.15, 0.2) is 0 Å². The number of carbonyl (C=O) groups excluding carboxylic acids is 1. The summed E-state index contributed by atoms with van der Waals surface area (Å²) in [6, 6.07) is 0. The Bertz CT molecular complexity index is 442. The zero-order chi connectivity index (χ0) is 15.6. The fourth-order valence-electron chi connectivity index (χ4n) is 2.64. The molecule has 6 nitrogen and oxygen atoms in total. The van der Waals surface area contributed by atoms with Crippen molar-refractivity contribution >= 4 is 16.1 Å². The van der Waals surface area contributed by atoms with Gasteiger partial charge in [-0.25, -0.2) is 0 Å². The van der Waals surface area contributed by atoms with Gasteiger partial charge in [0, 0.05) is 5.92 Å². The monoisotopic (exact) mass is 308 g/mol. The lowest BCUT2D eigenvalue weighted by Crippen LogP contribution is -2.25. The first-order valence-corrected chi connectivity index (χ1v) is 8.45. The molecule has 0 radical (unpaired) electrons. The van der Waals surface area contributed by atoms with Crippen molar-refractivity contribution in [2.45, 2.75) is 51.9 Å². The predicted molar refractivity (Wildman–Crippen MR) is 73.4 cm³/mol. The topological polar surface area (TPSA) is 101 Å². The molecule has 20 heavy (non-hydrogen) atoms. The Balaban J connectivity index is 2.49. The minimum absolute atomic E-state index is 0.306. The Morgan fingerprint density at radius 1 is 1.30 bits per heavy atom. The minimum atomic E-state index is -4.56. The van der Waals surface area contributed by atoms with E-state index in [-0.39, 0.29) is 0 Å². The predicted octanol–water partition coefficient (Wildman–Crippen LogP) is 1.59. The summed E-state index contributed by atoms with van der Waals surface area (Å²) in [5.41, 5.74) is -2.62. The van der Waals surface area contributed by atoms with E-state index in [0.29, 0.717) is 6.61 Å². The molecule has 1 unspecified atom stereocenters. The molecule has 3 atom stereocenters. The van der Waals surface area contributed by atoms with Gasteiger partial charge in [-0.1, -0.05) is 40.0 Å². The van der Waals surface area contributed by atoms with Gasteiger partial charge in [-0.3, -0.25) is 9.35 Å². The lowest BCUT2D eigenvalue weighted by atomic mass is 10.1. The number of ether oxygens (including phenoxy) is 1. The molecule has 2 N–H and O–H groups in total. The fourth-order valence-corrected chi connectivity index (χ4v) is 3.52. The number of hydrogen-bond acceptors (Lipinski definition) is 5. The van der Waals surface area contributed by atoms with Crippen molar-refractivity contribution in [3.63, 3.8) is 0 Å². The van der Waals surface area contributed by atoms with E-state index in [1.54, 1.807) is 13.8 Å². The van der Waals surface area contributed by atoms with Crippen LogP contribution in [0.3, 0.4) is 0 Å². The van der Waals surface area contributed by atoms with Gasteiger partial charge in [0.25, 0.3) is 10.1 Å². The maximum absolute atomic E-state index is 11.9. The molecule has 0 saturated heterocycles. The summed E-state index contributed by atoms with van der Waals surface area (Å²) in [6.07, 6.45) is 3.93. The van der Waals surface area contributed by atoms with Crippen molar-refractivity contribution in [1.82, 2.24) is 0 Å². The quantitative estimate of drug-likeness (QED) is 0.401. The summed E-state index contributed by atoms with van der Waals surface area (Å²) in [6.45, 7) is 5.74. The van der Waals surface area contributed by atoms with Gasteiger partial charge in [-0.2, -0.15) is 8.42 Å². The van der Waals surface area contributed by atoms with Gasteiger partial charge in [-0.15, -0.1) is 0 Å². The number of unbranched alkanes of at least 4 members (excludes halogenated alkanes) is 3. The fraction of sp³-hybridized carbons (Fsp3) is 0.923. The highest BCUT2D eigenvalue weighted by molar-refractivity contribution is 7.86. The highest BCUT2D eigenvalue weighted by Gasteiger charge is 2.67. The van der Waals surface area contributed by atoms with Crippen LogP contribution < -0.4 is 0 Å². The average Bonchev–Trinajstić information content (AvgIpc) is 2.89. The Labute approximate surface area is 120 Å². The van der Waals surface area contributed by atoms with Crippen molar-refractivity contribution in [2.24, 2.45) is 17.3 Å². The summed E-state index contributed by atoms with van der Waals surface area (Å²) in [5.74, 6) is -2.01. The average molecular weight is 308 g/mol. The molecule has 1 aliphatic carbocycles. The summed E-state index contributed by atoms with van der Waals surface area (Å²) < 4.78 is 35.9. The minimum Gasteiger partial charge on any atom is -0.465 e. The first-order valence-electron chi connectivity index (χ1n) is 6.95. The molecule has 0 aromatic rings. The molecular formula is C13H24O6S. The van der Waals surface area contributed by atoms with Crippen molar-refractivity contribution in [2.75, 3.05) is 6.61 Å². The molecule has 0 spiro atoms. The highest BCUT2D eigenvalue weighted by Crippen LogP contribution is 2.61. The van der Waals surface area contributed by atoms with E-state index < -0.39 is 38.8 Å². The normalized spacial score (nSPS) is 26.1.